The van der Waals surface area contributed by atoms with Crippen LogP contribution in [0.4, 0.5) is 0 Å². The van der Waals surface area contributed by atoms with Crippen molar-refractivity contribution in [3.63, 3.8) is 0 Å². The molecule has 2 rings (SSSR count). The Balaban J connectivity index is 1.95. The maximum Gasteiger partial charge on any atom is 0.309 e. The van der Waals surface area contributed by atoms with Gasteiger partial charge in [-0.1, -0.05) is 19.8 Å². The molecule has 0 heterocycles. The average Bonchev–Trinajstić information content (AvgIpc) is 2.81. The molecule has 2 saturated carbocycles. The molecule has 2 aliphatic carbocycles. The third kappa shape index (κ3) is 3.12. The third-order valence-electron chi connectivity index (χ3n) is 4.53. The molecule has 2 fully saturated rings. The van der Waals surface area contributed by atoms with Gasteiger partial charge in [-0.2, -0.15) is 0 Å². The van der Waals surface area contributed by atoms with E-state index in [2.05, 4.69) is 6.92 Å². The van der Waals surface area contributed by atoms with E-state index in [-0.39, 0.29) is 29.7 Å². The van der Waals surface area contributed by atoms with Gasteiger partial charge in [0.15, 0.2) is 0 Å². The molecule has 3 heteroatoms. The van der Waals surface area contributed by atoms with Gasteiger partial charge in [-0.3, -0.25) is 9.59 Å². The Kier molecular flexibility index (Phi) is 4.41. The summed E-state index contributed by atoms with van der Waals surface area (Å²) in [7, 11) is 0. The molecule has 0 aromatic rings. The first-order chi connectivity index (χ1) is 8.58. The molecule has 102 valence electrons. The predicted molar refractivity (Wildman–Crippen MR) is 69.0 cm³/mol. The summed E-state index contributed by atoms with van der Waals surface area (Å²) in [6.07, 6.45) is 6.83. The number of ketones is 1. The SMILES string of the molecule is CC(=O)[C@@H]1CC[C@@H](C)C[C@H]1OC(=O)C1CCCC1. The van der Waals surface area contributed by atoms with Gasteiger partial charge in [0.05, 0.1) is 11.8 Å². The van der Waals surface area contributed by atoms with Crippen molar-refractivity contribution < 1.29 is 14.3 Å². The van der Waals surface area contributed by atoms with Crippen molar-refractivity contribution in [2.45, 2.75) is 64.9 Å². The number of Topliss-reactive ketones (excluding diaryl/α,β-unsaturated/α-hetero) is 1. The van der Waals surface area contributed by atoms with E-state index in [0.29, 0.717) is 5.92 Å². The number of hydrogen-bond donors (Lipinski definition) is 0. The van der Waals surface area contributed by atoms with Gasteiger partial charge in [0, 0.05) is 0 Å². The second-order valence-electron chi connectivity index (χ2n) is 6.09. The van der Waals surface area contributed by atoms with Crippen LogP contribution in [0, 0.1) is 17.8 Å². The molecule has 0 aromatic heterocycles. The molecular formula is C15H24O3. The van der Waals surface area contributed by atoms with Gasteiger partial charge >= 0.3 is 5.97 Å². The van der Waals surface area contributed by atoms with Crippen molar-refractivity contribution in [1.82, 2.24) is 0 Å². The van der Waals surface area contributed by atoms with E-state index in [4.69, 9.17) is 4.74 Å². The minimum Gasteiger partial charge on any atom is -0.461 e. The van der Waals surface area contributed by atoms with Crippen molar-refractivity contribution in [2.24, 2.45) is 17.8 Å². The van der Waals surface area contributed by atoms with Gasteiger partial charge < -0.3 is 4.74 Å². The van der Waals surface area contributed by atoms with Crippen LogP contribution in [-0.4, -0.2) is 17.9 Å². The molecule has 0 spiro atoms. The summed E-state index contributed by atoms with van der Waals surface area (Å²) in [5.41, 5.74) is 0. The smallest absolute Gasteiger partial charge is 0.309 e. The fourth-order valence-corrected chi connectivity index (χ4v) is 3.33. The summed E-state index contributed by atoms with van der Waals surface area (Å²) in [6.45, 7) is 3.80. The van der Waals surface area contributed by atoms with Crippen LogP contribution in [0.3, 0.4) is 0 Å². The van der Waals surface area contributed by atoms with Crippen LogP contribution in [0.15, 0.2) is 0 Å². The first-order valence-electron chi connectivity index (χ1n) is 7.29. The number of esters is 1. The van der Waals surface area contributed by atoms with E-state index in [9.17, 15) is 9.59 Å². The molecule has 0 aliphatic heterocycles. The fourth-order valence-electron chi connectivity index (χ4n) is 3.33. The summed E-state index contributed by atoms with van der Waals surface area (Å²) in [4.78, 5) is 23.7. The van der Waals surface area contributed by atoms with Crippen LogP contribution in [0.5, 0.6) is 0 Å². The summed E-state index contributed by atoms with van der Waals surface area (Å²) in [6, 6.07) is 0. The van der Waals surface area contributed by atoms with E-state index >= 15 is 0 Å². The Hall–Kier alpha value is -0.860. The van der Waals surface area contributed by atoms with Gasteiger partial charge in [0.1, 0.15) is 11.9 Å². The monoisotopic (exact) mass is 252 g/mol. The molecule has 0 unspecified atom stereocenters. The fraction of sp³-hybridized carbons (Fsp3) is 0.867. The molecule has 0 aromatic carbocycles. The Morgan fingerprint density at radius 3 is 2.33 bits per heavy atom. The first-order valence-corrected chi connectivity index (χ1v) is 7.29. The molecule has 0 bridgehead atoms. The van der Waals surface area contributed by atoms with E-state index in [0.717, 1.165) is 44.9 Å². The molecule has 3 nitrogen and oxygen atoms in total. The Bertz CT molecular complexity index is 318. The number of rotatable bonds is 3. The van der Waals surface area contributed by atoms with E-state index in [1.807, 2.05) is 0 Å². The molecule has 0 amide bonds. The highest BCUT2D eigenvalue weighted by molar-refractivity contribution is 5.80. The second kappa shape index (κ2) is 5.85. The quantitative estimate of drug-likeness (QED) is 0.725. The maximum atomic E-state index is 12.1. The topological polar surface area (TPSA) is 43.4 Å². The molecule has 0 radical (unpaired) electrons. The highest BCUT2D eigenvalue weighted by atomic mass is 16.5. The number of carbonyl (C=O) groups is 2. The van der Waals surface area contributed by atoms with Crippen LogP contribution in [0.25, 0.3) is 0 Å². The minimum absolute atomic E-state index is 0.0575. The lowest BCUT2D eigenvalue weighted by molar-refractivity contribution is -0.160. The van der Waals surface area contributed by atoms with E-state index in [1.165, 1.54) is 0 Å². The standard InChI is InChI=1S/C15H24O3/c1-10-7-8-13(11(2)16)14(9-10)18-15(17)12-5-3-4-6-12/h10,12-14H,3-9H2,1-2H3/t10-,13+,14-/m1/s1. The summed E-state index contributed by atoms with van der Waals surface area (Å²) < 4.78 is 5.66. The second-order valence-corrected chi connectivity index (χ2v) is 6.09. The van der Waals surface area contributed by atoms with Crippen molar-refractivity contribution in [3.05, 3.63) is 0 Å². The number of carbonyl (C=O) groups excluding carboxylic acids is 2. The molecular weight excluding hydrogens is 228 g/mol. The van der Waals surface area contributed by atoms with Crippen molar-refractivity contribution in [2.75, 3.05) is 0 Å². The zero-order chi connectivity index (χ0) is 13.1. The lowest BCUT2D eigenvalue weighted by Gasteiger charge is -2.33. The predicted octanol–water partition coefficient (Wildman–Crippen LogP) is 3.11. The normalized spacial score (nSPS) is 33.3. The Labute approximate surface area is 109 Å². The van der Waals surface area contributed by atoms with E-state index in [1.54, 1.807) is 6.92 Å². The average molecular weight is 252 g/mol. The highest BCUT2D eigenvalue weighted by Crippen LogP contribution is 2.33. The van der Waals surface area contributed by atoms with Crippen LogP contribution in [-0.2, 0) is 14.3 Å². The van der Waals surface area contributed by atoms with Gasteiger partial charge in [-0.15, -0.1) is 0 Å². The third-order valence-corrected chi connectivity index (χ3v) is 4.53. The van der Waals surface area contributed by atoms with Crippen molar-refractivity contribution >= 4 is 11.8 Å². The maximum absolute atomic E-state index is 12.1. The number of ether oxygens (including phenoxy) is 1. The summed E-state index contributed by atoms with van der Waals surface area (Å²) in [5, 5.41) is 0. The first kappa shape index (κ1) is 13.6. The van der Waals surface area contributed by atoms with Gasteiger partial charge in [0.25, 0.3) is 0 Å². The number of hydrogen-bond acceptors (Lipinski definition) is 3. The minimum atomic E-state index is -0.167. The molecule has 0 N–H and O–H groups in total. The lowest BCUT2D eigenvalue weighted by Crippen LogP contribution is -2.37. The van der Waals surface area contributed by atoms with Gasteiger partial charge in [-0.05, 0) is 44.9 Å². The Morgan fingerprint density at radius 2 is 1.72 bits per heavy atom. The molecule has 0 saturated heterocycles. The zero-order valence-corrected chi connectivity index (χ0v) is 11.5. The lowest BCUT2D eigenvalue weighted by atomic mass is 9.79. The summed E-state index contributed by atoms with van der Waals surface area (Å²) >= 11 is 0. The largest absolute Gasteiger partial charge is 0.461 e. The van der Waals surface area contributed by atoms with Crippen LogP contribution in [0.2, 0.25) is 0 Å². The highest BCUT2D eigenvalue weighted by Gasteiger charge is 2.36. The van der Waals surface area contributed by atoms with Crippen LogP contribution >= 0.6 is 0 Å². The molecule has 18 heavy (non-hydrogen) atoms. The Morgan fingerprint density at radius 1 is 1.06 bits per heavy atom. The summed E-state index contributed by atoms with van der Waals surface area (Å²) in [5.74, 6) is 0.701. The van der Waals surface area contributed by atoms with Gasteiger partial charge in [-0.25, -0.2) is 0 Å². The van der Waals surface area contributed by atoms with Crippen molar-refractivity contribution in [1.29, 1.82) is 0 Å². The zero-order valence-electron chi connectivity index (χ0n) is 11.5. The van der Waals surface area contributed by atoms with E-state index < -0.39 is 0 Å². The van der Waals surface area contributed by atoms with Gasteiger partial charge in [0.2, 0.25) is 0 Å². The van der Waals surface area contributed by atoms with Crippen molar-refractivity contribution in [3.8, 4) is 0 Å². The molecule has 3 atom stereocenters. The molecule has 2 aliphatic rings. The van der Waals surface area contributed by atoms with Crippen LogP contribution in [0.1, 0.15) is 58.8 Å². The van der Waals surface area contributed by atoms with Crippen LogP contribution < -0.4 is 0 Å².